The first-order valence-electron chi connectivity index (χ1n) is 6.61. The van der Waals surface area contributed by atoms with Gasteiger partial charge in [0.15, 0.2) is 0 Å². The summed E-state index contributed by atoms with van der Waals surface area (Å²) in [5, 5.41) is 2.81. The van der Waals surface area contributed by atoms with Gasteiger partial charge in [-0.25, -0.2) is 4.98 Å². The van der Waals surface area contributed by atoms with Crippen LogP contribution in [0.1, 0.15) is 18.4 Å². The Balaban J connectivity index is 2.10. The fraction of sp³-hybridized carbons (Fsp3) is 0.333. The number of rotatable bonds is 5. The van der Waals surface area contributed by atoms with Crippen molar-refractivity contribution in [1.82, 2.24) is 10.3 Å². The maximum Gasteiger partial charge on any atom is 0.226 e. The van der Waals surface area contributed by atoms with Crippen LogP contribution in [0.4, 0.5) is 0 Å². The van der Waals surface area contributed by atoms with E-state index in [4.69, 9.17) is 10.2 Å². The van der Waals surface area contributed by atoms with Gasteiger partial charge in [0.1, 0.15) is 5.76 Å². The first-order chi connectivity index (χ1) is 9.60. The average molecular weight is 273 g/mol. The van der Waals surface area contributed by atoms with Crippen molar-refractivity contribution in [3.05, 3.63) is 41.8 Å². The molecular weight excluding hydrogens is 254 g/mol. The Hall–Kier alpha value is -2.14. The molecule has 1 amide bonds. The number of benzene rings is 1. The lowest BCUT2D eigenvalue weighted by Crippen LogP contribution is -2.38. The molecule has 3 N–H and O–H groups in total. The molecule has 5 nitrogen and oxygen atoms in total. The molecule has 1 heterocycles. The Morgan fingerprint density at radius 2 is 2.10 bits per heavy atom. The van der Waals surface area contributed by atoms with Crippen molar-refractivity contribution in [2.24, 2.45) is 5.73 Å². The second-order valence-electron chi connectivity index (χ2n) is 4.77. The van der Waals surface area contributed by atoms with Gasteiger partial charge in [-0.3, -0.25) is 4.79 Å². The lowest BCUT2D eigenvalue weighted by molar-refractivity contribution is -0.121. The van der Waals surface area contributed by atoms with Gasteiger partial charge >= 0.3 is 0 Å². The zero-order chi connectivity index (χ0) is 14.5. The summed E-state index contributed by atoms with van der Waals surface area (Å²) >= 11 is 0. The molecule has 0 spiro atoms. The average Bonchev–Trinajstić information content (AvgIpc) is 2.81. The van der Waals surface area contributed by atoms with Crippen molar-refractivity contribution in [3.8, 4) is 11.5 Å². The maximum absolute atomic E-state index is 11.8. The summed E-state index contributed by atoms with van der Waals surface area (Å²) < 4.78 is 5.62. The van der Waals surface area contributed by atoms with E-state index in [9.17, 15) is 4.79 Å². The number of hydrogen-bond donors (Lipinski definition) is 2. The van der Waals surface area contributed by atoms with Crippen molar-refractivity contribution in [1.29, 1.82) is 0 Å². The van der Waals surface area contributed by atoms with Gasteiger partial charge < -0.3 is 15.5 Å². The Morgan fingerprint density at radius 3 is 2.75 bits per heavy atom. The quantitative estimate of drug-likeness (QED) is 0.868. The van der Waals surface area contributed by atoms with Gasteiger partial charge in [0.25, 0.3) is 0 Å². The van der Waals surface area contributed by atoms with Crippen molar-refractivity contribution >= 4 is 5.91 Å². The molecule has 5 heteroatoms. The zero-order valence-electron chi connectivity index (χ0n) is 11.7. The van der Waals surface area contributed by atoms with Crippen LogP contribution in [0, 0.1) is 6.92 Å². The number of aromatic nitrogens is 1. The number of aryl methyl sites for hydroxylation is 1. The van der Waals surface area contributed by atoms with Gasteiger partial charge in [-0.2, -0.15) is 0 Å². The first kappa shape index (κ1) is 14.3. The normalized spacial score (nSPS) is 12.2. The molecule has 106 valence electrons. The van der Waals surface area contributed by atoms with Crippen LogP contribution in [0.25, 0.3) is 11.5 Å². The summed E-state index contributed by atoms with van der Waals surface area (Å²) in [7, 11) is 0. The highest BCUT2D eigenvalue weighted by molar-refractivity contribution is 5.78. The highest BCUT2D eigenvalue weighted by atomic mass is 16.4. The van der Waals surface area contributed by atoms with Gasteiger partial charge in [0.05, 0.1) is 12.1 Å². The van der Waals surface area contributed by atoms with Gasteiger partial charge in [0, 0.05) is 18.2 Å². The van der Waals surface area contributed by atoms with E-state index >= 15 is 0 Å². The number of nitrogens with one attached hydrogen (secondary N) is 1. The van der Waals surface area contributed by atoms with Crippen molar-refractivity contribution in [3.63, 3.8) is 0 Å². The molecule has 20 heavy (non-hydrogen) atoms. The molecule has 2 aromatic rings. The summed E-state index contributed by atoms with van der Waals surface area (Å²) in [5.41, 5.74) is 7.03. The predicted molar refractivity (Wildman–Crippen MR) is 77.0 cm³/mol. The van der Waals surface area contributed by atoms with Crippen molar-refractivity contribution < 1.29 is 9.21 Å². The third-order valence-corrected chi connectivity index (χ3v) is 3.00. The van der Waals surface area contributed by atoms with Gasteiger partial charge in [-0.05, 0) is 26.0 Å². The Labute approximate surface area is 118 Å². The van der Waals surface area contributed by atoms with E-state index < -0.39 is 0 Å². The summed E-state index contributed by atoms with van der Waals surface area (Å²) in [6.07, 6.45) is 0.201. The van der Waals surface area contributed by atoms with Crippen molar-refractivity contribution in [2.45, 2.75) is 26.3 Å². The Morgan fingerprint density at radius 1 is 1.40 bits per heavy atom. The van der Waals surface area contributed by atoms with Gasteiger partial charge in [-0.15, -0.1) is 0 Å². The Bertz CT molecular complexity index is 578. The van der Waals surface area contributed by atoms with Crippen LogP contribution >= 0.6 is 0 Å². The molecule has 0 aliphatic rings. The zero-order valence-corrected chi connectivity index (χ0v) is 11.7. The van der Waals surface area contributed by atoms with E-state index in [0.29, 0.717) is 23.9 Å². The number of carbonyl (C=O) groups excluding carboxylic acids is 1. The molecule has 1 aromatic carbocycles. The highest BCUT2D eigenvalue weighted by Gasteiger charge is 2.15. The third-order valence-electron chi connectivity index (χ3n) is 3.00. The molecule has 0 saturated carbocycles. The molecule has 1 atom stereocenters. The van der Waals surface area contributed by atoms with Crippen LogP contribution < -0.4 is 11.1 Å². The fourth-order valence-corrected chi connectivity index (χ4v) is 1.83. The van der Waals surface area contributed by atoms with Crippen LogP contribution in [-0.2, 0) is 11.2 Å². The van der Waals surface area contributed by atoms with E-state index in [0.717, 1.165) is 5.56 Å². The minimum atomic E-state index is -0.0982. The predicted octanol–water partition coefficient (Wildman–Crippen LogP) is 1.66. The molecule has 2 rings (SSSR count). The number of carbonyl (C=O) groups is 1. The number of amides is 1. The fourth-order valence-electron chi connectivity index (χ4n) is 1.83. The SMILES string of the molecule is Cc1oc(-c2ccccc2)nc1CC(=O)N[C@@H](C)CN. The Kier molecular flexibility index (Phi) is 4.53. The molecule has 0 aliphatic heterocycles. The number of nitrogens with zero attached hydrogens (tertiary/aromatic N) is 1. The van der Waals surface area contributed by atoms with E-state index in [1.807, 2.05) is 44.2 Å². The summed E-state index contributed by atoms with van der Waals surface area (Å²) in [4.78, 5) is 16.2. The lowest BCUT2D eigenvalue weighted by atomic mass is 10.2. The van der Waals surface area contributed by atoms with E-state index in [2.05, 4.69) is 10.3 Å². The molecular formula is C15H19N3O2. The minimum absolute atomic E-state index is 0.0386. The smallest absolute Gasteiger partial charge is 0.226 e. The molecule has 0 saturated heterocycles. The maximum atomic E-state index is 11.8. The van der Waals surface area contributed by atoms with Gasteiger partial charge in [-0.1, -0.05) is 18.2 Å². The van der Waals surface area contributed by atoms with Gasteiger partial charge in [0.2, 0.25) is 11.8 Å². The molecule has 0 radical (unpaired) electrons. The van der Waals surface area contributed by atoms with E-state index in [1.165, 1.54) is 0 Å². The molecule has 0 unspecified atom stereocenters. The summed E-state index contributed by atoms with van der Waals surface area (Å²) in [6.45, 7) is 4.09. The number of hydrogen-bond acceptors (Lipinski definition) is 4. The van der Waals surface area contributed by atoms with Crippen LogP contribution in [-0.4, -0.2) is 23.5 Å². The van der Waals surface area contributed by atoms with E-state index in [1.54, 1.807) is 0 Å². The highest BCUT2D eigenvalue weighted by Crippen LogP contribution is 2.21. The lowest BCUT2D eigenvalue weighted by Gasteiger charge is -2.10. The number of oxazole rings is 1. The largest absolute Gasteiger partial charge is 0.441 e. The van der Waals surface area contributed by atoms with Crippen LogP contribution in [0.2, 0.25) is 0 Å². The molecule has 0 aliphatic carbocycles. The third kappa shape index (κ3) is 3.45. The molecule has 0 fully saturated rings. The minimum Gasteiger partial charge on any atom is -0.441 e. The number of nitrogens with two attached hydrogens (primary N) is 1. The molecule has 0 bridgehead atoms. The summed E-state index contributed by atoms with van der Waals surface area (Å²) in [6, 6.07) is 9.58. The van der Waals surface area contributed by atoms with Crippen molar-refractivity contribution in [2.75, 3.05) is 6.54 Å². The van der Waals surface area contributed by atoms with E-state index in [-0.39, 0.29) is 18.4 Å². The second kappa shape index (κ2) is 6.34. The monoisotopic (exact) mass is 273 g/mol. The second-order valence-corrected chi connectivity index (χ2v) is 4.77. The first-order valence-corrected chi connectivity index (χ1v) is 6.61. The van der Waals surface area contributed by atoms with Crippen LogP contribution in [0.15, 0.2) is 34.7 Å². The van der Waals surface area contributed by atoms with Crippen LogP contribution in [0.3, 0.4) is 0 Å². The van der Waals surface area contributed by atoms with Crippen LogP contribution in [0.5, 0.6) is 0 Å². The summed E-state index contributed by atoms with van der Waals surface area (Å²) in [5.74, 6) is 1.11. The molecule has 1 aromatic heterocycles. The standard InChI is InChI=1S/C15H19N3O2/c1-10(9-16)17-14(19)8-13-11(2)20-15(18-13)12-6-4-3-5-7-12/h3-7,10H,8-9,16H2,1-2H3,(H,17,19)/t10-/m0/s1. The topological polar surface area (TPSA) is 81.2 Å².